The highest BCUT2D eigenvalue weighted by atomic mass is 16.7. The molecule has 1 fully saturated rings. The van der Waals surface area contributed by atoms with E-state index in [1.165, 1.54) is 0 Å². The maximum atomic E-state index is 9.83. The van der Waals surface area contributed by atoms with Crippen molar-refractivity contribution in [1.29, 1.82) is 0 Å². The van der Waals surface area contributed by atoms with E-state index in [-0.39, 0.29) is 0 Å². The highest BCUT2D eigenvalue weighted by Crippen LogP contribution is 2.26. The van der Waals surface area contributed by atoms with Gasteiger partial charge in [-0.1, -0.05) is 6.92 Å². The summed E-state index contributed by atoms with van der Waals surface area (Å²) in [5.41, 5.74) is 0. The second kappa shape index (κ2) is 4.37. The number of likely N-dealkylation sites (N-methyl/N-ethyl adjacent to an activating group) is 1. The van der Waals surface area contributed by atoms with Crippen LogP contribution in [0.25, 0.3) is 0 Å². The first-order valence-corrected chi connectivity index (χ1v) is 4.69. The number of hydrogen-bond acceptors (Lipinski definition) is 4. The number of β-amino-alcohol motifs (C(OH)–C–C–N with tert-alkyl or cyclic N) is 1. The molecule has 1 heterocycles. The summed E-state index contributed by atoms with van der Waals surface area (Å²) in [5.74, 6) is -0.786. The third-order valence-electron chi connectivity index (χ3n) is 2.85. The molecule has 1 saturated heterocycles. The van der Waals surface area contributed by atoms with Crippen molar-refractivity contribution in [2.75, 3.05) is 33.9 Å². The van der Waals surface area contributed by atoms with Crippen LogP contribution in [0.4, 0.5) is 0 Å². The quantitative estimate of drug-likeness (QED) is 0.638. The smallest absolute Gasteiger partial charge is 0.196 e. The van der Waals surface area contributed by atoms with E-state index in [2.05, 4.69) is 11.8 Å². The summed E-state index contributed by atoms with van der Waals surface area (Å²) in [7, 11) is 3.16. The van der Waals surface area contributed by atoms with Gasteiger partial charge in [0.1, 0.15) is 6.10 Å². The lowest BCUT2D eigenvalue weighted by atomic mass is 10.0. The molecule has 0 radical (unpaired) electrons. The van der Waals surface area contributed by atoms with Gasteiger partial charge < -0.3 is 19.5 Å². The standard InChI is InChI=1S/C9H19NO3/c1-4-10-6-5-9(12-2,13-3)8(11)7-10/h8,11H,4-7H2,1-3H3. The molecule has 0 bridgehead atoms. The van der Waals surface area contributed by atoms with Crippen molar-refractivity contribution in [3.8, 4) is 0 Å². The summed E-state index contributed by atoms with van der Waals surface area (Å²) in [4.78, 5) is 2.18. The van der Waals surface area contributed by atoms with Crippen molar-refractivity contribution in [2.24, 2.45) is 0 Å². The summed E-state index contributed by atoms with van der Waals surface area (Å²) in [5, 5.41) is 9.83. The summed E-state index contributed by atoms with van der Waals surface area (Å²) in [6, 6.07) is 0. The second-order valence-electron chi connectivity index (χ2n) is 3.38. The van der Waals surface area contributed by atoms with E-state index in [0.29, 0.717) is 6.54 Å². The van der Waals surface area contributed by atoms with Crippen LogP contribution in [0.15, 0.2) is 0 Å². The van der Waals surface area contributed by atoms with Crippen LogP contribution in [0.1, 0.15) is 13.3 Å². The monoisotopic (exact) mass is 189 g/mol. The van der Waals surface area contributed by atoms with Gasteiger partial charge in [0, 0.05) is 33.7 Å². The zero-order valence-corrected chi connectivity index (χ0v) is 8.62. The van der Waals surface area contributed by atoms with Crippen molar-refractivity contribution >= 4 is 0 Å². The predicted octanol–water partition coefficient (Wildman–Crippen LogP) is 0.0620. The number of methoxy groups -OCH3 is 2. The molecule has 0 aromatic carbocycles. The number of nitrogens with zero attached hydrogens (tertiary/aromatic N) is 1. The Balaban J connectivity index is 2.60. The van der Waals surface area contributed by atoms with E-state index in [1.54, 1.807) is 14.2 Å². The second-order valence-corrected chi connectivity index (χ2v) is 3.38. The van der Waals surface area contributed by atoms with Gasteiger partial charge in [0.15, 0.2) is 5.79 Å². The minimum absolute atomic E-state index is 0.559. The molecule has 1 aliphatic rings. The minimum atomic E-state index is -0.786. The average molecular weight is 189 g/mol. The van der Waals surface area contributed by atoms with Gasteiger partial charge in [-0.2, -0.15) is 0 Å². The number of likely N-dealkylation sites (tertiary alicyclic amines) is 1. The molecule has 0 aromatic heterocycles. The first kappa shape index (κ1) is 10.9. The van der Waals surface area contributed by atoms with Crippen LogP contribution < -0.4 is 0 Å². The van der Waals surface area contributed by atoms with Crippen LogP contribution in [-0.2, 0) is 9.47 Å². The number of piperidine rings is 1. The molecule has 0 aliphatic carbocycles. The Kier molecular flexibility index (Phi) is 3.67. The lowest BCUT2D eigenvalue weighted by Gasteiger charge is -2.42. The zero-order chi connectivity index (χ0) is 9.90. The van der Waals surface area contributed by atoms with Crippen LogP contribution >= 0.6 is 0 Å². The highest BCUT2D eigenvalue weighted by molar-refractivity contribution is 4.87. The van der Waals surface area contributed by atoms with E-state index in [0.717, 1.165) is 19.5 Å². The fraction of sp³-hybridized carbons (Fsp3) is 1.00. The highest BCUT2D eigenvalue weighted by Gasteiger charge is 2.42. The Morgan fingerprint density at radius 2 is 2.08 bits per heavy atom. The number of hydrogen-bond donors (Lipinski definition) is 1. The summed E-state index contributed by atoms with van der Waals surface area (Å²) in [6.07, 6.45) is 0.158. The topological polar surface area (TPSA) is 41.9 Å². The number of ether oxygens (including phenoxy) is 2. The van der Waals surface area contributed by atoms with Gasteiger partial charge in [0.25, 0.3) is 0 Å². The maximum Gasteiger partial charge on any atom is 0.196 e. The maximum absolute atomic E-state index is 9.83. The molecule has 1 atom stereocenters. The normalized spacial score (nSPS) is 29.1. The molecular formula is C9H19NO3. The largest absolute Gasteiger partial charge is 0.386 e. The fourth-order valence-electron chi connectivity index (χ4n) is 1.80. The number of aliphatic hydroxyl groups is 1. The van der Waals surface area contributed by atoms with Crippen LogP contribution in [-0.4, -0.2) is 55.8 Å². The van der Waals surface area contributed by atoms with E-state index in [4.69, 9.17) is 9.47 Å². The summed E-state index contributed by atoms with van der Waals surface area (Å²) < 4.78 is 10.5. The SMILES string of the molecule is CCN1CCC(OC)(OC)C(O)C1. The van der Waals surface area contributed by atoms with Crippen molar-refractivity contribution in [3.05, 3.63) is 0 Å². The lowest BCUT2D eigenvalue weighted by Crippen LogP contribution is -2.57. The molecule has 4 nitrogen and oxygen atoms in total. The molecule has 1 N–H and O–H groups in total. The van der Waals surface area contributed by atoms with Crippen LogP contribution in [0, 0.1) is 0 Å². The zero-order valence-electron chi connectivity index (χ0n) is 8.62. The third kappa shape index (κ3) is 2.02. The van der Waals surface area contributed by atoms with Gasteiger partial charge in [-0.3, -0.25) is 0 Å². The third-order valence-corrected chi connectivity index (χ3v) is 2.85. The fourth-order valence-corrected chi connectivity index (χ4v) is 1.80. The van der Waals surface area contributed by atoms with Gasteiger partial charge in [-0.15, -0.1) is 0 Å². The van der Waals surface area contributed by atoms with Gasteiger partial charge in [0.05, 0.1) is 0 Å². The van der Waals surface area contributed by atoms with Crippen LogP contribution in [0.5, 0.6) is 0 Å². The molecule has 0 amide bonds. The molecule has 1 unspecified atom stereocenters. The minimum Gasteiger partial charge on any atom is -0.386 e. The molecule has 0 spiro atoms. The van der Waals surface area contributed by atoms with Crippen molar-refractivity contribution in [2.45, 2.75) is 25.2 Å². The van der Waals surface area contributed by atoms with Gasteiger partial charge in [-0.25, -0.2) is 0 Å². The number of aliphatic hydroxyl groups excluding tert-OH is 1. The molecule has 1 rings (SSSR count). The van der Waals surface area contributed by atoms with Gasteiger partial charge in [-0.05, 0) is 6.54 Å². The van der Waals surface area contributed by atoms with Gasteiger partial charge >= 0.3 is 0 Å². The molecule has 1 aliphatic heterocycles. The van der Waals surface area contributed by atoms with E-state index in [9.17, 15) is 5.11 Å². The molecule has 0 aromatic rings. The first-order valence-electron chi connectivity index (χ1n) is 4.69. The van der Waals surface area contributed by atoms with E-state index >= 15 is 0 Å². The van der Waals surface area contributed by atoms with E-state index in [1.807, 2.05) is 0 Å². The Labute approximate surface area is 79.4 Å². The molecule has 78 valence electrons. The van der Waals surface area contributed by atoms with E-state index < -0.39 is 11.9 Å². The van der Waals surface area contributed by atoms with Crippen LogP contribution in [0.3, 0.4) is 0 Å². The van der Waals surface area contributed by atoms with Crippen molar-refractivity contribution in [1.82, 2.24) is 4.90 Å². The van der Waals surface area contributed by atoms with Crippen molar-refractivity contribution < 1.29 is 14.6 Å². The molecule has 13 heavy (non-hydrogen) atoms. The lowest BCUT2D eigenvalue weighted by molar-refractivity contribution is -0.278. The van der Waals surface area contributed by atoms with Crippen LogP contribution in [0.2, 0.25) is 0 Å². The molecular weight excluding hydrogens is 170 g/mol. The number of rotatable bonds is 3. The Morgan fingerprint density at radius 1 is 1.46 bits per heavy atom. The average Bonchev–Trinajstić information content (AvgIpc) is 2.18. The van der Waals surface area contributed by atoms with Gasteiger partial charge in [0.2, 0.25) is 0 Å². The summed E-state index contributed by atoms with van der Waals surface area (Å²) in [6.45, 7) is 4.58. The Bertz CT molecular complexity index is 159. The predicted molar refractivity (Wildman–Crippen MR) is 49.5 cm³/mol. The van der Waals surface area contributed by atoms with Crippen molar-refractivity contribution in [3.63, 3.8) is 0 Å². The Hall–Kier alpha value is -0.160. The first-order chi connectivity index (χ1) is 6.18. The molecule has 4 heteroatoms. The summed E-state index contributed by atoms with van der Waals surface area (Å²) >= 11 is 0. The Morgan fingerprint density at radius 3 is 2.46 bits per heavy atom. The molecule has 0 saturated carbocycles.